The second kappa shape index (κ2) is 7.51. The molecule has 3 rings (SSSR count). The molecule has 5 nitrogen and oxygen atoms in total. The van der Waals surface area contributed by atoms with Crippen LogP contribution in [0.4, 0.5) is 25.8 Å². The highest BCUT2D eigenvalue weighted by Crippen LogP contribution is 2.24. The molecule has 7 heteroatoms. The van der Waals surface area contributed by atoms with Crippen LogP contribution in [0.2, 0.25) is 0 Å². The van der Waals surface area contributed by atoms with Crippen molar-refractivity contribution < 1.29 is 18.4 Å². The maximum Gasteiger partial charge on any atom is 0.243 e. The molecule has 0 unspecified atom stereocenters. The normalized spacial score (nSPS) is 13.8. The maximum atomic E-state index is 13.3. The zero-order valence-electron chi connectivity index (χ0n) is 14.3. The van der Waals surface area contributed by atoms with Crippen molar-refractivity contribution in [3.8, 4) is 0 Å². The summed E-state index contributed by atoms with van der Waals surface area (Å²) in [4.78, 5) is 27.3. The van der Waals surface area contributed by atoms with Crippen LogP contribution in [-0.4, -0.2) is 32.0 Å². The Balaban J connectivity index is 1.64. The number of hydrogen-bond donors (Lipinski definition) is 1. The Morgan fingerprint density at radius 2 is 2.00 bits per heavy atom. The van der Waals surface area contributed by atoms with E-state index in [1.807, 2.05) is 6.07 Å². The van der Waals surface area contributed by atoms with Crippen LogP contribution >= 0.6 is 0 Å². The fraction of sp³-hybridized carbons (Fsp3) is 0.263. The van der Waals surface area contributed by atoms with Crippen molar-refractivity contribution in [1.82, 2.24) is 0 Å². The lowest BCUT2D eigenvalue weighted by Crippen LogP contribution is -2.30. The molecule has 1 fully saturated rings. The van der Waals surface area contributed by atoms with Crippen LogP contribution in [0.15, 0.2) is 42.5 Å². The van der Waals surface area contributed by atoms with Crippen LogP contribution in [0.25, 0.3) is 0 Å². The molecular formula is C19H19F2N3O2. The third kappa shape index (κ3) is 3.99. The standard InChI is InChI=1S/C19H19F2N3O2/c1-23(14-7-8-16(20)17(21)11-14)12-18(25)22-13-4-2-5-15(10-13)24-9-3-6-19(24)26/h2,4-5,7-8,10-11H,3,6,9,12H2,1H3,(H,22,25). The molecule has 26 heavy (non-hydrogen) atoms. The Hall–Kier alpha value is -2.96. The predicted octanol–water partition coefficient (Wildman–Crippen LogP) is 3.17. The summed E-state index contributed by atoms with van der Waals surface area (Å²) in [6.07, 6.45) is 1.37. The van der Waals surface area contributed by atoms with E-state index >= 15 is 0 Å². The number of anilines is 3. The summed E-state index contributed by atoms with van der Waals surface area (Å²) in [5, 5.41) is 2.76. The first-order valence-electron chi connectivity index (χ1n) is 8.30. The number of halogens is 2. The lowest BCUT2D eigenvalue weighted by molar-refractivity contribution is -0.117. The van der Waals surface area contributed by atoms with E-state index in [-0.39, 0.29) is 18.4 Å². The van der Waals surface area contributed by atoms with Crippen molar-refractivity contribution in [3.63, 3.8) is 0 Å². The second-order valence-corrected chi connectivity index (χ2v) is 6.20. The fourth-order valence-electron chi connectivity index (χ4n) is 2.90. The van der Waals surface area contributed by atoms with Gasteiger partial charge in [0.05, 0.1) is 6.54 Å². The lowest BCUT2D eigenvalue weighted by atomic mass is 10.2. The zero-order valence-corrected chi connectivity index (χ0v) is 14.3. The summed E-state index contributed by atoms with van der Waals surface area (Å²) in [5.74, 6) is -2.12. The van der Waals surface area contributed by atoms with E-state index in [1.54, 1.807) is 30.1 Å². The van der Waals surface area contributed by atoms with E-state index in [0.717, 1.165) is 24.2 Å². The highest BCUT2D eigenvalue weighted by Gasteiger charge is 2.21. The molecule has 2 aromatic carbocycles. The van der Waals surface area contributed by atoms with Gasteiger partial charge in [-0.2, -0.15) is 0 Å². The van der Waals surface area contributed by atoms with Crippen LogP contribution in [0, 0.1) is 11.6 Å². The zero-order chi connectivity index (χ0) is 18.7. The number of benzene rings is 2. The van der Waals surface area contributed by atoms with Gasteiger partial charge in [-0.3, -0.25) is 9.59 Å². The van der Waals surface area contributed by atoms with E-state index in [0.29, 0.717) is 24.3 Å². The van der Waals surface area contributed by atoms with Gasteiger partial charge in [0.1, 0.15) is 0 Å². The SMILES string of the molecule is CN(CC(=O)Nc1cccc(N2CCCC2=O)c1)c1ccc(F)c(F)c1. The number of carbonyl (C=O) groups is 2. The van der Waals surface area contributed by atoms with Crippen molar-refractivity contribution in [2.75, 3.05) is 35.3 Å². The molecule has 0 bridgehead atoms. The highest BCUT2D eigenvalue weighted by atomic mass is 19.2. The monoisotopic (exact) mass is 359 g/mol. The molecule has 0 aliphatic carbocycles. The number of amides is 2. The van der Waals surface area contributed by atoms with Gasteiger partial charge in [-0.05, 0) is 36.8 Å². The molecule has 1 heterocycles. The van der Waals surface area contributed by atoms with Gasteiger partial charge >= 0.3 is 0 Å². The third-order valence-corrected chi connectivity index (χ3v) is 4.24. The summed E-state index contributed by atoms with van der Waals surface area (Å²) in [6, 6.07) is 10.6. The number of carbonyl (C=O) groups excluding carboxylic acids is 2. The Morgan fingerprint density at radius 1 is 1.19 bits per heavy atom. The molecule has 2 amide bonds. The number of nitrogens with zero attached hydrogens (tertiary/aromatic N) is 2. The molecule has 0 saturated carbocycles. The summed E-state index contributed by atoms with van der Waals surface area (Å²) in [5.41, 5.74) is 1.72. The van der Waals surface area contributed by atoms with Crippen LogP contribution in [0.1, 0.15) is 12.8 Å². The smallest absolute Gasteiger partial charge is 0.243 e. The molecule has 0 radical (unpaired) electrons. The van der Waals surface area contributed by atoms with Gasteiger partial charge < -0.3 is 15.1 Å². The molecule has 1 N–H and O–H groups in total. The number of nitrogens with one attached hydrogen (secondary N) is 1. The topological polar surface area (TPSA) is 52.7 Å². The molecule has 1 saturated heterocycles. The minimum Gasteiger partial charge on any atom is -0.365 e. The molecular weight excluding hydrogens is 340 g/mol. The van der Waals surface area contributed by atoms with E-state index < -0.39 is 11.6 Å². The van der Waals surface area contributed by atoms with Crippen molar-refractivity contribution in [2.24, 2.45) is 0 Å². The highest BCUT2D eigenvalue weighted by molar-refractivity contribution is 5.97. The van der Waals surface area contributed by atoms with Crippen LogP contribution < -0.4 is 15.1 Å². The second-order valence-electron chi connectivity index (χ2n) is 6.20. The van der Waals surface area contributed by atoms with Crippen molar-refractivity contribution in [3.05, 3.63) is 54.1 Å². The summed E-state index contributed by atoms with van der Waals surface area (Å²) in [6.45, 7) is 0.646. The number of rotatable bonds is 5. The van der Waals surface area contributed by atoms with Crippen molar-refractivity contribution in [1.29, 1.82) is 0 Å². The van der Waals surface area contributed by atoms with E-state index in [2.05, 4.69) is 5.32 Å². The third-order valence-electron chi connectivity index (χ3n) is 4.24. The Morgan fingerprint density at radius 3 is 2.69 bits per heavy atom. The van der Waals surface area contributed by atoms with Gasteiger partial charge in [0.25, 0.3) is 0 Å². The summed E-state index contributed by atoms with van der Waals surface area (Å²) < 4.78 is 26.3. The van der Waals surface area contributed by atoms with Gasteiger partial charge in [-0.1, -0.05) is 6.07 Å². The maximum absolute atomic E-state index is 13.3. The lowest BCUT2D eigenvalue weighted by Gasteiger charge is -2.20. The average molecular weight is 359 g/mol. The van der Waals surface area contributed by atoms with Gasteiger partial charge in [0.15, 0.2) is 11.6 Å². The minimum absolute atomic E-state index is 0.0298. The van der Waals surface area contributed by atoms with Gasteiger partial charge in [0, 0.05) is 43.1 Å². The molecule has 0 atom stereocenters. The summed E-state index contributed by atoms with van der Waals surface area (Å²) >= 11 is 0. The van der Waals surface area contributed by atoms with Crippen LogP contribution in [0.5, 0.6) is 0 Å². The number of hydrogen-bond acceptors (Lipinski definition) is 3. The molecule has 1 aliphatic rings. The quantitative estimate of drug-likeness (QED) is 0.892. The van der Waals surface area contributed by atoms with E-state index in [4.69, 9.17) is 0 Å². The fourth-order valence-corrected chi connectivity index (χ4v) is 2.90. The molecule has 2 aromatic rings. The van der Waals surface area contributed by atoms with Gasteiger partial charge in [0.2, 0.25) is 11.8 Å². The van der Waals surface area contributed by atoms with Crippen LogP contribution in [0.3, 0.4) is 0 Å². The minimum atomic E-state index is -0.960. The molecule has 0 spiro atoms. The molecule has 1 aliphatic heterocycles. The predicted molar refractivity (Wildman–Crippen MR) is 96.3 cm³/mol. The van der Waals surface area contributed by atoms with Gasteiger partial charge in [-0.25, -0.2) is 8.78 Å². The Labute approximate surface area is 150 Å². The average Bonchev–Trinajstić information content (AvgIpc) is 3.03. The number of likely N-dealkylation sites (N-methyl/N-ethyl adjacent to an activating group) is 1. The van der Waals surface area contributed by atoms with Crippen molar-refractivity contribution >= 4 is 28.9 Å². The van der Waals surface area contributed by atoms with E-state index in [1.165, 1.54) is 11.0 Å². The Kier molecular flexibility index (Phi) is 5.16. The Bertz CT molecular complexity index is 841. The first-order chi connectivity index (χ1) is 12.4. The molecule has 0 aromatic heterocycles. The first kappa shape index (κ1) is 17.8. The van der Waals surface area contributed by atoms with Crippen molar-refractivity contribution in [2.45, 2.75) is 12.8 Å². The summed E-state index contributed by atoms with van der Waals surface area (Å²) in [7, 11) is 1.62. The van der Waals surface area contributed by atoms with E-state index in [9.17, 15) is 18.4 Å². The largest absolute Gasteiger partial charge is 0.365 e. The molecule has 136 valence electrons. The first-order valence-corrected chi connectivity index (χ1v) is 8.30. The van der Waals surface area contributed by atoms with Crippen LogP contribution in [-0.2, 0) is 9.59 Å². The van der Waals surface area contributed by atoms with Gasteiger partial charge in [-0.15, -0.1) is 0 Å².